The molecule has 8 heteroatoms. The summed E-state index contributed by atoms with van der Waals surface area (Å²) in [5, 5.41) is 24.6. The molecule has 176 valence electrons. The summed E-state index contributed by atoms with van der Waals surface area (Å²) >= 11 is 0. The van der Waals surface area contributed by atoms with Crippen LogP contribution in [0.15, 0.2) is 60.7 Å². The summed E-state index contributed by atoms with van der Waals surface area (Å²) in [6.07, 6.45) is 1.28. The minimum atomic E-state index is -0.999. The number of fused-ring (bicyclic) bond motifs is 1. The molecule has 0 bridgehead atoms. The Kier molecular flexibility index (Phi) is 6.90. The molecule has 0 fully saturated rings. The number of aromatic carboxylic acids is 1. The van der Waals surface area contributed by atoms with Crippen LogP contribution in [0.2, 0.25) is 0 Å². The lowest BCUT2D eigenvalue weighted by atomic mass is 9.85. The van der Waals surface area contributed by atoms with Gasteiger partial charge in [0.15, 0.2) is 0 Å². The summed E-state index contributed by atoms with van der Waals surface area (Å²) in [6.45, 7) is 0.709. The minimum Gasteiger partial charge on any atom is -0.478 e. The highest BCUT2D eigenvalue weighted by molar-refractivity contribution is 5.93. The average molecular weight is 469 g/mol. The molecule has 3 aromatic rings. The number of carbonyl (C=O) groups is 3. The summed E-state index contributed by atoms with van der Waals surface area (Å²) in [6, 6.07) is 18.6. The van der Waals surface area contributed by atoms with Crippen LogP contribution < -0.4 is 16.4 Å². The Balaban J connectivity index is 1.61. The van der Waals surface area contributed by atoms with Gasteiger partial charge in [0, 0.05) is 24.2 Å². The predicted octanol–water partition coefficient (Wildman–Crippen LogP) is 3.16. The number of nitrogens with zero attached hydrogens (tertiary/aromatic N) is 1. The second kappa shape index (κ2) is 10.2. The number of carbonyl (C=O) groups excluding carboxylic acids is 2. The number of carboxylic acid groups (broad SMARTS) is 1. The Morgan fingerprint density at radius 3 is 2.46 bits per heavy atom. The van der Waals surface area contributed by atoms with Gasteiger partial charge in [-0.2, -0.15) is 5.26 Å². The van der Waals surface area contributed by atoms with Crippen molar-refractivity contribution in [1.29, 1.82) is 5.26 Å². The van der Waals surface area contributed by atoms with Crippen LogP contribution in [0.3, 0.4) is 0 Å². The second-order valence-corrected chi connectivity index (χ2v) is 8.37. The molecule has 0 aromatic heterocycles. The number of carboxylic acids is 1. The van der Waals surface area contributed by atoms with Gasteiger partial charge in [-0.15, -0.1) is 0 Å². The van der Waals surface area contributed by atoms with Gasteiger partial charge in [-0.05, 0) is 83.6 Å². The van der Waals surface area contributed by atoms with Gasteiger partial charge in [0.25, 0.3) is 0 Å². The van der Waals surface area contributed by atoms with Crippen LogP contribution in [0.4, 0.5) is 5.69 Å². The highest BCUT2D eigenvalue weighted by atomic mass is 16.4. The van der Waals surface area contributed by atoms with E-state index in [1.54, 1.807) is 48.5 Å². The van der Waals surface area contributed by atoms with Crippen LogP contribution in [0.1, 0.15) is 61.0 Å². The van der Waals surface area contributed by atoms with Crippen molar-refractivity contribution in [2.45, 2.75) is 25.3 Å². The Bertz CT molecular complexity index is 1340. The first-order valence-electron chi connectivity index (χ1n) is 11.2. The first-order chi connectivity index (χ1) is 16.9. The van der Waals surface area contributed by atoms with E-state index in [4.69, 9.17) is 11.0 Å². The number of benzene rings is 3. The van der Waals surface area contributed by atoms with Crippen molar-refractivity contribution >= 4 is 23.5 Å². The monoisotopic (exact) mass is 468 g/mol. The number of hydrogen-bond acceptors (Lipinski definition) is 5. The normalized spacial score (nSPS) is 14.4. The van der Waals surface area contributed by atoms with Gasteiger partial charge in [0.1, 0.15) is 0 Å². The first kappa shape index (κ1) is 23.7. The topological polar surface area (TPSA) is 145 Å². The summed E-state index contributed by atoms with van der Waals surface area (Å²) in [5.41, 5.74) is 10.7. The number of aryl methyl sites for hydroxylation is 1. The molecule has 0 aliphatic carbocycles. The average Bonchev–Trinajstić information content (AvgIpc) is 2.87. The number of anilines is 1. The summed E-state index contributed by atoms with van der Waals surface area (Å²) in [5.74, 6) is -1.78. The molecule has 8 nitrogen and oxygen atoms in total. The maximum atomic E-state index is 12.6. The molecular formula is C27H24N4O4. The molecule has 3 aromatic carbocycles. The zero-order chi connectivity index (χ0) is 24.9. The highest BCUT2D eigenvalue weighted by Crippen LogP contribution is 2.32. The molecule has 1 aliphatic heterocycles. The molecular weight excluding hydrogens is 444 g/mol. The number of hydrogen-bond donors (Lipinski definition) is 4. The second-order valence-electron chi connectivity index (χ2n) is 8.37. The van der Waals surface area contributed by atoms with Gasteiger partial charge in [0.2, 0.25) is 11.8 Å². The standard InChI is InChI=1S/C27H24N4O4/c28-15-16-1-7-21(8-2-16)31-24(32)10-6-18-13-19(26(29)33)5-9-22(18)25-23-14-20(27(34)35)4-3-17(23)11-12-30-25/h1-5,7-9,13-14,25,30H,6,10-12H2,(H2,29,33)(H,31,32)(H,34,35). The summed E-state index contributed by atoms with van der Waals surface area (Å²) in [4.78, 5) is 36.0. The maximum absolute atomic E-state index is 12.6. The van der Waals surface area contributed by atoms with E-state index in [1.165, 1.54) is 0 Å². The van der Waals surface area contributed by atoms with Gasteiger partial charge < -0.3 is 21.5 Å². The third kappa shape index (κ3) is 5.37. The molecule has 1 unspecified atom stereocenters. The SMILES string of the molecule is N#Cc1ccc(NC(=O)CCc2cc(C(N)=O)ccc2C2NCCc3ccc(C(=O)O)cc32)cc1. The van der Waals surface area contributed by atoms with Crippen molar-refractivity contribution < 1.29 is 19.5 Å². The van der Waals surface area contributed by atoms with Crippen LogP contribution in [0, 0.1) is 11.3 Å². The number of nitrogens with two attached hydrogens (primary N) is 1. The number of nitrogens with one attached hydrogen (secondary N) is 2. The molecule has 35 heavy (non-hydrogen) atoms. The molecule has 0 spiro atoms. The lowest BCUT2D eigenvalue weighted by Gasteiger charge is -2.29. The lowest BCUT2D eigenvalue weighted by Crippen LogP contribution is -2.31. The van der Waals surface area contributed by atoms with Gasteiger partial charge >= 0.3 is 5.97 Å². The Hall–Kier alpha value is -4.48. The largest absolute Gasteiger partial charge is 0.478 e. The Labute approximate surface area is 202 Å². The van der Waals surface area contributed by atoms with Crippen molar-refractivity contribution in [2.24, 2.45) is 5.73 Å². The van der Waals surface area contributed by atoms with Crippen LogP contribution >= 0.6 is 0 Å². The third-order valence-corrected chi connectivity index (χ3v) is 6.10. The number of primary amides is 1. The van der Waals surface area contributed by atoms with Gasteiger partial charge in [-0.25, -0.2) is 4.79 Å². The number of amides is 2. The van der Waals surface area contributed by atoms with Gasteiger partial charge in [-0.1, -0.05) is 12.1 Å². The quantitative estimate of drug-likeness (QED) is 0.419. The first-order valence-corrected chi connectivity index (χ1v) is 11.2. The van der Waals surface area contributed by atoms with Gasteiger partial charge in [-0.3, -0.25) is 9.59 Å². The van der Waals surface area contributed by atoms with Crippen molar-refractivity contribution in [3.63, 3.8) is 0 Å². The lowest BCUT2D eigenvalue weighted by molar-refractivity contribution is -0.116. The van der Waals surface area contributed by atoms with Crippen LogP contribution in [-0.2, 0) is 17.6 Å². The maximum Gasteiger partial charge on any atom is 0.335 e. The number of rotatable bonds is 7. The van der Waals surface area contributed by atoms with Crippen LogP contribution in [-0.4, -0.2) is 29.4 Å². The summed E-state index contributed by atoms with van der Waals surface area (Å²) in [7, 11) is 0. The Morgan fingerprint density at radius 1 is 1.03 bits per heavy atom. The molecule has 0 saturated carbocycles. The smallest absolute Gasteiger partial charge is 0.335 e. The molecule has 0 radical (unpaired) electrons. The van der Waals surface area contributed by atoms with Gasteiger partial charge in [0.05, 0.1) is 23.2 Å². The summed E-state index contributed by atoms with van der Waals surface area (Å²) < 4.78 is 0. The van der Waals surface area contributed by atoms with Crippen LogP contribution in [0.5, 0.6) is 0 Å². The molecule has 1 aliphatic rings. The van der Waals surface area contributed by atoms with Crippen LogP contribution in [0.25, 0.3) is 0 Å². The van der Waals surface area contributed by atoms with Crippen molar-refractivity contribution in [3.8, 4) is 6.07 Å². The van der Waals surface area contributed by atoms with Crippen molar-refractivity contribution in [2.75, 3.05) is 11.9 Å². The molecule has 0 saturated heterocycles. The zero-order valence-corrected chi connectivity index (χ0v) is 18.9. The fourth-order valence-corrected chi connectivity index (χ4v) is 4.32. The van der Waals surface area contributed by atoms with E-state index in [2.05, 4.69) is 10.6 Å². The van der Waals surface area contributed by atoms with E-state index in [0.717, 1.165) is 28.7 Å². The predicted molar refractivity (Wildman–Crippen MR) is 130 cm³/mol. The molecule has 5 N–H and O–H groups in total. The molecule has 4 rings (SSSR count). The fraction of sp³-hybridized carbons (Fsp3) is 0.185. The fourth-order valence-electron chi connectivity index (χ4n) is 4.32. The Morgan fingerprint density at radius 2 is 1.77 bits per heavy atom. The van der Waals surface area contributed by atoms with E-state index in [9.17, 15) is 19.5 Å². The number of nitriles is 1. The van der Waals surface area contributed by atoms with E-state index in [0.29, 0.717) is 29.8 Å². The molecule has 2 amide bonds. The van der Waals surface area contributed by atoms with E-state index in [1.807, 2.05) is 18.2 Å². The molecule has 1 atom stereocenters. The van der Waals surface area contributed by atoms with E-state index >= 15 is 0 Å². The van der Waals surface area contributed by atoms with Crippen molar-refractivity contribution in [3.05, 3.63) is 99.6 Å². The zero-order valence-electron chi connectivity index (χ0n) is 18.9. The minimum absolute atomic E-state index is 0.157. The van der Waals surface area contributed by atoms with Crippen molar-refractivity contribution in [1.82, 2.24) is 5.32 Å². The highest BCUT2D eigenvalue weighted by Gasteiger charge is 2.25. The van der Waals surface area contributed by atoms with E-state index in [-0.39, 0.29) is 23.9 Å². The molecule has 1 heterocycles. The van der Waals surface area contributed by atoms with E-state index < -0.39 is 11.9 Å². The third-order valence-electron chi connectivity index (χ3n) is 6.10.